The topological polar surface area (TPSA) is 56.4 Å². The molecule has 0 saturated carbocycles. The number of rotatable bonds is 3. The van der Waals surface area contributed by atoms with Gasteiger partial charge < -0.3 is 10.8 Å². The zero-order valence-electron chi connectivity index (χ0n) is 10.5. The number of hydrogen-bond donors (Lipinski definition) is 1. The van der Waals surface area contributed by atoms with Gasteiger partial charge in [0.05, 0.1) is 0 Å². The van der Waals surface area contributed by atoms with Gasteiger partial charge in [-0.15, -0.1) is 0 Å². The van der Waals surface area contributed by atoms with E-state index >= 15 is 0 Å². The van der Waals surface area contributed by atoms with Crippen LogP contribution in [0.5, 0.6) is 0 Å². The molecule has 3 aromatic rings. The molecule has 0 aliphatic heterocycles. The molecular weight excluding hydrogens is 236 g/mol. The van der Waals surface area contributed by atoms with Crippen molar-refractivity contribution in [2.45, 2.75) is 6.54 Å². The summed E-state index contributed by atoms with van der Waals surface area (Å²) in [7, 11) is 0. The summed E-state index contributed by atoms with van der Waals surface area (Å²) < 4.78 is 0. The first-order valence-electron chi connectivity index (χ1n) is 6.05. The quantitative estimate of drug-likeness (QED) is 0.779. The zero-order valence-corrected chi connectivity index (χ0v) is 10.5. The second kappa shape index (κ2) is 5.98. The van der Waals surface area contributed by atoms with E-state index in [9.17, 15) is 0 Å². The molecule has 0 atom stereocenters. The van der Waals surface area contributed by atoms with Crippen molar-refractivity contribution in [3.63, 3.8) is 0 Å². The molecule has 0 spiro atoms. The maximum atomic E-state index is 4.41. The summed E-state index contributed by atoms with van der Waals surface area (Å²) in [4.78, 5) is 4.41. The second-order valence-corrected chi connectivity index (χ2v) is 4.22. The summed E-state index contributed by atoms with van der Waals surface area (Å²) in [6.07, 6.45) is 1.84. The van der Waals surface area contributed by atoms with E-state index < -0.39 is 0 Å². The monoisotopic (exact) mass is 252 g/mol. The van der Waals surface area contributed by atoms with Crippen molar-refractivity contribution in [2.24, 2.45) is 0 Å². The summed E-state index contributed by atoms with van der Waals surface area (Å²) in [5, 5.41) is 5.77. The average molecular weight is 252 g/mol. The predicted molar refractivity (Wildman–Crippen MR) is 79.1 cm³/mol. The van der Waals surface area contributed by atoms with Crippen molar-refractivity contribution in [2.75, 3.05) is 5.32 Å². The molecule has 0 amide bonds. The summed E-state index contributed by atoms with van der Waals surface area (Å²) in [5.74, 6) is 0.942. The van der Waals surface area contributed by atoms with E-state index in [-0.39, 0.29) is 5.48 Å². The molecule has 0 aliphatic rings. The van der Waals surface area contributed by atoms with Gasteiger partial charge in [0, 0.05) is 18.1 Å². The first kappa shape index (κ1) is 13.1. The van der Waals surface area contributed by atoms with E-state index in [1.807, 2.05) is 42.6 Å². The molecule has 3 rings (SSSR count). The minimum atomic E-state index is 0. The second-order valence-electron chi connectivity index (χ2n) is 4.22. The Balaban J connectivity index is 0.00000133. The van der Waals surface area contributed by atoms with Crippen LogP contribution >= 0.6 is 0 Å². The molecule has 0 saturated heterocycles. The van der Waals surface area contributed by atoms with Gasteiger partial charge in [0.2, 0.25) is 0 Å². The zero-order chi connectivity index (χ0) is 12.2. The van der Waals surface area contributed by atoms with Crippen molar-refractivity contribution in [1.29, 1.82) is 0 Å². The van der Waals surface area contributed by atoms with Crippen LogP contribution in [0.3, 0.4) is 0 Å². The van der Waals surface area contributed by atoms with Crippen molar-refractivity contribution >= 4 is 16.6 Å². The molecule has 3 N–H and O–H groups in total. The van der Waals surface area contributed by atoms with Gasteiger partial charge in [0.25, 0.3) is 0 Å². The van der Waals surface area contributed by atoms with Crippen LogP contribution in [0.2, 0.25) is 0 Å². The molecule has 0 aliphatic carbocycles. The molecule has 2 aromatic carbocycles. The Morgan fingerprint density at radius 2 is 1.58 bits per heavy atom. The summed E-state index contributed by atoms with van der Waals surface area (Å²) >= 11 is 0. The standard InChI is InChI=1S/C16H14N2.H2O/c1-2-6-13(7-3-1)12-18-16-15-9-5-4-8-14(15)10-11-17-16;/h1-11H,12H2,(H,17,18);1H2. The van der Waals surface area contributed by atoms with Gasteiger partial charge in [0.1, 0.15) is 5.82 Å². The molecular formula is C16H16N2O. The summed E-state index contributed by atoms with van der Waals surface area (Å²) in [6.45, 7) is 0.793. The Morgan fingerprint density at radius 3 is 2.42 bits per heavy atom. The van der Waals surface area contributed by atoms with Crippen LogP contribution in [0.4, 0.5) is 5.82 Å². The minimum absolute atomic E-state index is 0. The molecule has 0 unspecified atom stereocenters. The van der Waals surface area contributed by atoms with Crippen LogP contribution in [0.25, 0.3) is 10.8 Å². The fourth-order valence-corrected chi connectivity index (χ4v) is 2.04. The molecule has 19 heavy (non-hydrogen) atoms. The van der Waals surface area contributed by atoms with E-state index in [1.54, 1.807) is 0 Å². The number of benzene rings is 2. The van der Waals surface area contributed by atoms with E-state index in [0.717, 1.165) is 17.7 Å². The minimum Gasteiger partial charge on any atom is -0.412 e. The van der Waals surface area contributed by atoms with E-state index in [1.165, 1.54) is 10.9 Å². The normalized spacial score (nSPS) is 9.89. The lowest BCUT2D eigenvalue weighted by Gasteiger charge is -2.08. The third kappa shape index (κ3) is 2.89. The van der Waals surface area contributed by atoms with Gasteiger partial charge in [-0.2, -0.15) is 0 Å². The average Bonchev–Trinajstić information content (AvgIpc) is 2.46. The smallest absolute Gasteiger partial charge is 0.134 e. The van der Waals surface area contributed by atoms with Crippen molar-refractivity contribution in [3.8, 4) is 0 Å². The maximum Gasteiger partial charge on any atom is 0.134 e. The first-order valence-corrected chi connectivity index (χ1v) is 6.05. The lowest BCUT2D eigenvalue weighted by atomic mass is 10.1. The molecule has 0 radical (unpaired) electrons. The first-order chi connectivity index (χ1) is 8.93. The van der Waals surface area contributed by atoms with E-state index in [4.69, 9.17) is 0 Å². The molecule has 0 bridgehead atoms. The number of nitrogens with one attached hydrogen (secondary N) is 1. The number of hydrogen-bond acceptors (Lipinski definition) is 2. The highest BCUT2D eigenvalue weighted by Crippen LogP contribution is 2.20. The Hall–Kier alpha value is -2.39. The third-order valence-electron chi connectivity index (χ3n) is 2.98. The predicted octanol–water partition coefficient (Wildman–Crippen LogP) is 3.02. The number of pyridine rings is 1. The fraction of sp³-hybridized carbons (Fsp3) is 0.0625. The van der Waals surface area contributed by atoms with Crippen molar-refractivity contribution < 1.29 is 5.48 Å². The molecule has 3 heteroatoms. The number of nitrogens with zero attached hydrogens (tertiary/aromatic N) is 1. The molecule has 96 valence electrons. The highest BCUT2D eigenvalue weighted by atomic mass is 16.0. The van der Waals surface area contributed by atoms with Gasteiger partial charge in [-0.25, -0.2) is 4.98 Å². The largest absolute Gasteiger partial charge is 0.412 e. The van der Waals surface area contributed by atoms with Crippen LogP contribution in [0.1, 0.15) is 5.56 Å². The van der Waals surface area contributed by atoms with Crippen molar-refractivity contribution in [3.05, 3.63) is 72.4 Å². The third-order valence-corrected chi connectivity index (χ3v) is 2.98. The Kier molecular flexibility index (Phi) is 4.11. The van der Waals surface area contributed by atoms with Crippen molar-refractivity contribution in [1.82, 2.24) is 4.98 Å². The SMILES string of the molecule is O.c1ccc(CNc2nccc3ccccc23)cc1. The van der Waals surface area contributed by atoms with Gasteiger partial charge in [-0.1, -0.05) is 54.6 Å². The van der Waals surface area contributed by atoms with Gasteiger partial charge in [-0.3, -0.25) is 0 Å². The lowest BCUT2D eigenvalue weighted by molar-refractivity contribution is 0.824. The van der Waals surface area contributed by atoms with Crippen LogP contribution in [-0.2, 0) is 6.54 Å². The van der Waals surface area contributed by atoms with E-state index in [0.29, 0.717) is 0 Å². The summed E-state index contributed by atoms with van der Waals surface area (Å²) in [6, 6.07) is 20.7. The van der Waals surface area contributed by atoms with Crippen LogP contribution in [0, 0.1) is 0 Å². The highest BCUT2D eigenvalue weighted by molar-refractivity contribution is 5.91. The van der Waals surface area contributed by atoms with Gasteiger partial charge in [-0.05, 0) is 17.0 Å². The Bertz CT molecular complexity index is 648. The molecule has 0 fully saturated rings. The Labute approximate surface area is 112 Å². The Morgan fingerprint density at radius 1 is 0.842 bits per heavy atom. The lowest BCUT2D eigenvalue weighted by Crippen LogP contribution is -2.01. The van der Waals surface area contributed by atoms with E-state index in [2.05, 4.69) is 34.6 Å². The number of anilines is 1. The summed E-state index contributed by atoms with van der Waals surface area (Å²) in [5.41, 5.74) is 1.26. The highest BCUT2D eigenvalue weighted by Gasteiger charge is 2.00. The van der Waals surface area contributed by atoms with Crippen LogP contribution in [0.15, 0.2) is 66.9 Å². The van der Waals surface area contributed by atoms with Crippen LogP contribution in [-0.4, -0.2) is 10.5 Å². The molecule has 1 aromatic heterocycles. The number of aromatic nitrogens is 1. The fourth-order valence-electron chi connectivity index (χ4n) is 2.04. The van der Waals surface area contributed by atoms with Crippen LogP contribution < -0.4 is 5.32 Å². The molecule has 1 heterocycles. The van der Waals surface area contributed by atoms with Gasteiger partial charge in [0.15, 0.2) is 0 Å². The molecule has 3 nitrogen and oxygen atoms in total. The van der Waals surface area contributed by atoms with Gasteiger partial charge >= 0.3 is 0 Å². The number of fused-ring (bicyclic) bond motifs is 1. The maximum absolute atomic E-state index is 4.41.